The Morgan fingerprint density at radius 3 is 2.20 bits per heavy atom. The van der Waals surface area contributed by atoms with Gasteiger partial charge in [0.25, 0.3) is 0 Å². The van der Waals surface area contributed by atoms with Gasteiger partial charge in [0.1, 0.15) is 6.61 Å². The highest BCUT2D eigenvalue weighted by atomic mass is 16.5. The highest BCUT2D eigenvalue weighted by Crippen LogP contribution is 2.00. The summed E-state index contributed by atoms with van der Waals surface area (Å²) >= 11 is 0. The SMILES string of the molecule is CC(=O)OCCN1CCN(CCO)CC1. The van der Waals surface area contributed by atoms with Crippen LogP contribution in [0.3, 0.4) is 0 Å². The fourth-order valence-electron chi connectivity index (χ4n) is 1.70. The van der Waals surface area contributed by atoms with Crippen LogP contribution in [-0.2, 0) is 9.53 Å². The molecular weight excluding hydrogens is 196 g/mol. The molecule has 1 N–H and O–H groups in total. The highest BCUT2D eigenvalue weighted by Gasteiger charge is 2.15. The van der Waals surface area contributed by atoms with E-state index in [2.05, 4.69) is 9.80 Å². The molecule has 0 aromatic heterocycles. The van der Waals surface area contributed by atoms with Crippen LogP contribution in [0.2, 0.25) is 0 Å². The zero-order valence-corrected chi connectivity index (χ0v) is 9.31. The van der Waals surface area contributed by atoms with Crippen molar-refractivity contribution in [2.24, 2.45) is 0 Å². The maximum Gasteiger partial charge on any atom is 0.302 e. The van der Waals surface area contributed by atoms with Gasteiger partial charge >= 0.3 is 5.97 Å². The first-order chi connectivity index (χ1) is 7.22. The summed E-state index contributed by atoms with van der Waals surface area (Å²) < 4.78 is 4.88. The van der Waals surface area contributed by atoms with E-state index < -0.39 is 0 Å². The molecule has 1 aliphatic rings. The number of rotatable bonds is 5. The number of hydrogen-bond acceptors (Lipinski definition) is 5. The minimum absolute atomic E-state index is 0.214. The van der Waals surface area contributed by atoms with Gasteiger partial charge in [0.05, 0.1) is 6.61 Å². The molecule has 5 nitrogen and oxygen atoms in total. The minimum atomic E-state index is -0.214. The van der Waals surface area contributed by atoms with Gasteiger partial charge in [-0.15, -0.1) is 0 Å². The summed E-state index contributed by atoms with van der Waals surface area (Å²) in [5.41, 5.74) is 0. The van der Waals surface area contributed by atoms with E-state index in [0.717, 1.165) is 39.3 Å². The van der Waals surface area contributed by atoms with Gasteiger partial charge in [-0.3, -0.25) is 14.6 Å². The summed E-state index contributed by atoms with van der Waals surface area (Å²) in [4.78, 5) is 15.1. The molecule has 1 fully saturated rings. The molecule has 0 amide bonds. The van der Waals surface area contributed by atoms with Crippen molar-refractivity contribution in [3.05, 3.63) is 0 Å². The van der Waals surface area contributed by atoms with Gasteiger partial charge < -0.3 is 9.84 Å². The summed E-state index contributed by atoms with van der Waals surface area (Å²) in [5.74, 6) is -0.214. The van der Waals surface area contributed by atoms with Crippen molar-refractivity contribution in [2.45, 2.75) is 6.92 Å². The molecule has 0 aromatic carbocycles. The number of aliphatic hydroxyl groups excluding tert-OH is 1. The van der Waals surface area contributed by atoms with E-state index in [1.807, 2.05) is 0 Å². The summed E-state index contributed by atoms with van der Waals surface area (Å²) in [6.07, 6.45) is 0. The van der Waals surface area contributed by atoms with E-state index in [9.17, 15) is 4.79 Å². The fourth-order valence-corrected chi connectivity index (χ4v) is 1.70. The third kappa shape index (κ3) is 5.11. The minimum Gasteiger partial charge on any atom is -0.465 e. The van der Waals surface area contributed by atoms with Gasteiger partial charge in [-0.25, -0.2) is 0 Å². The van der Waals surface area contributed by atoms with Gasteiger partial charge in [0.2, 0.25) is 0 Å². The van der Waals surface area contributed by atoms with Crippen LogP contribution in [0.15, 0.2) is 0 Å². The van der Waals surface area contributed by atoms with Crippen molar-refractivity contribution < 1.29 is 14.6 Å². The lowest BCUT2D eigenvalue weighted by atomic mass is 10.3. The normalized spacial score (nSPS) is 19.1. The van der Waals surface area contributed by atoms with Crippen molar-refractivity contribution in [3.63, 3.8) is 0 Å². The Bertz CT molecular complexity index is 191. The number of esters is 1. The Hall–Kier alpha value is -0.650. The number of hydrogen-bond donors (Lipinski definition) is 1. The molecule has 1 aliphatic heterocycles. The van der Waals surface area contributed by atoms with Gasteiger partial charge in [0, 0.05) is 46.2 Å². The number of β-amino-alcohol motifs (C(OH)–C–C–N with tert-alkyl or cyclic N) is 1. The van der Waals surface area contributed by atoms with Gasteiger partial charge in [-0.2, -0.15) is 0 Å². The average molecular weight is 216 g/mol. The van der Waals surface area contributed by atoms with Crippen LogP contribution in [0.5, 0.6) is 0 Å². The number of carbonyl (C=O) groups excluding carboxylic acids is 1. The molecule has 0 aliphatic carbocycles. The van der Waals surface area contributed by atoms with Crippen molar-refractivity contribution in [1.82, 2.24) is 9.80 Å². The second kappa shape index (κ2) is 6.76. The standard InChI is InChI=1S/C10H20N2O3/c1-10(14)15-9-7-12-4-2-11(3-5-12)6-8-13/h13H,2-9H2,1H3. The second-order valence-corrected chi connectivity index (χ2v) is 3.75. The zero-order chi connectivity index (χ0) is 11.1. The van der Waals surface area contributed by atoms with Crippen LogP contribution >= 0.6 is 0 Å². The van der Waals surface area contributed by atoms with Gasteiger partial charge in [0.15, 0.2) is 0 Å². The zero-order valence-electron chi connectivity index (χ0n) is 9.31. The highest BCUT2D eigenvalue weighted by molar-refractivity contribution is 5.65. The quantitative estimate of drug-likeness (QED) is 0.607. The Labute approximate surface area is 90.6 Å². The molecule has 1 heterocycles. The van der Waals surface area contributed by atoms with Crippen LogP contribution in [0.1, 0.15) is 6.92 Å². The van der Waals surface area contributed by atoms with Crippen molar-refractivity contribution >= 4 is 5.97 Å². The first-order valence-electron chi connectivity index (χ1n) is 5.41. The molecule has 0 radical (unpaired) electrons. The molecule has 88 valence electrons. The third-order valence-electron chi connectivity index (χ3n) is 2.59. The average Bonchev–Trinajstić information content (AvgIpc) is 2.20. The Morgan fingerprint density at radius 2 is 1.73 bits per heavy atom. The molecular formula is C10H20N2O3. The lowest BCUT2D eigenvalue weighted by Crippen LogP contribution is -2.48. The molecule has 1 rings (SSSR count). The molecule has 1 saturated heterocycles. The molecule has 0 saturated carbocycles. The number of ether oxygens (including phenoxy) is 1. The first-order valence-corrected chi connectivity index (χ1v) is 5.41. The van der Waals surface area contributed by atoms with Gasteiger partial charge in [-0.1, -0.05) is 0 Å². The predicted octanol–water partition coefficient (Wildman–Crippen LogP) is -0.841. The molecule has 0 bridgehead atoms. The predicted molar refractivity (Wildman–Crippen MR) is 56.6 cm³/mol. The molecule has 0 spiro atoms. The number of piperazine rings is 1. The van der Waals surface area contributed by atoms with Crippen LogP contribution in [0.25, 0.3) is 0 Å². The largest absolute Gasteiger partial charge is 0.465 e. The maximum atomic E-state index is 10.5. The van der Waals surface area contributed by atoms with E-state index in [0.29, 0.717) is 6.61 Å². The Balaban J connectivity index is 2.06. The van der Waals surface area contributed by atoms with Crippen LogP contribution < -0.4 is 0 Å². The number of nitrogens with zero attached hydrogens (tertiary/aromatic N) is 2. The molecule has 0 aromatic rings. The van der Waals surface area contributed by atoms with E-state index in [1.54, 1.807) is 0 Å². The Kier molecular flexibility index (Phi) is 5.60. The van der Waals surface area contributed by atoms with Crippen molar-refractivity contribution in [1.29, 1.82) is 0 Å². The van der Waals surface area contributed by atoms with Crippen molar-refractivity contribution in [3.8, 4) is 0 Å². The second-order valence-electron chi connectivity index (χ2n) is 3.75. The number of aliphatic hydroxyl groups is 1. The lowest BCUT2D eigenvalue weighted by Gasteiger charge is -2.34. The summed E-state index contributed by atoms with van der Waals surface area (Å²) in [5, 5.41) is 8.77. The third-order valence-corrected chi connectivity index (χ3v) is 2.59. The van der Waals surface area contributed by atoms with E-state index in [-0.39, 0.29) is 12.6 Å². The topological polar surface area (TPSA) is 53.0 Å². The smallest absolute Gasteiger partial charge is 0.302 e. The molecule has 0 unspecified atom stereocenters. The van der Waals surface area contributed by atoms with E-state index in [4.69, 9.17) is 9.84 Å². The lowest BCUT2D eigenvalue weighted by molar-refractivity contribution is -0.141. The van der Waals surface area contributed by atoms with E-state index >= 15 is 0 Å². The summed E-state index contributed by atoms with van der Waals surface area (Å²) in [7, 11) is 0. The van der Waals surface area contributed by atoms with Crippen molar-refractivity contribution in [2.75, 3.05) is 52.5 Å². The fraction of sp³-hybridized carbons (Fsp3) is 0.900. The summed E-state index contributed by atoms with van der Waals surface area (Å²) in [6, 6.07) is 0. The van der Waals surface area contributed by atoms with Gasteiger partial charge in [-0.05, 0) is 0 Å². The van der Waals surface area contributed by atoms with Crippen LogP contribution in [0.4, 0.5) is 0 Å². The monoisotopic (exact) mass is 216 g/mol. The maximum absolute atomic E-state index is 10.5. The molecule has 0 atom stereocenters. The van der Waals surface area contributed by atoms with Crippen LogP contribution in [-0.4, -0.2) is 73.4 Å². The number of carbonyl (C=O) groups is 1. The Morgan fingerprint density at radius 1 is 1.20 bits per heavy atom. The molecule has 15 heavy (non-hydrogen) atoms. The first kappa shape index (κ1) is 12.4. The van der Waals surface area contributed by atoms with Crippen LogP contribution in [0, 0.1) is 0 Å². The molecule has 5 heteroatoms. The van der Waals surface area contributed by atoms with E-state index in [1.165, 1.54) is 6.92 Å². The summed E-state index contributed by atoms with van der Waals surface area (Å²) in [6.45, 7) is 7.66.